The molecule has 0 spiro atoms. The molecule has 1 atom stereocenters. The van der Waals surface area contributed by atoms with Gasteiger partial charge in [0.05, 0.1) is 16.3 Å². The van der Waals surface area contributed by atoms with E-state index in [1.54, 1.807) is 15.9 Å². The highest BCUT2D eigenvalue weighted by atomic mass is 35.5. The molecule has 1 unspecified atom stereocenters. The van der Waals surface area contributed by atoms with E-state index in [1.165, 1.54) is 12.3 Å². The lowest BCUT2D eigenvalue weighted by Gasteiger charge is -2.33. The fourth-order valence-electron chi connectivity index (χ4n) is 3.24. The van der Waals surface area contributed by atoms with Crippen LogP contribution in [0.15, 0.2) is 42.6 Å². The molecule has 0 saturated carbocycles. The average Bonchev–Trinajstić information content (AvgIpc) is 2.70. The second kappa shape index (κ2) is 10.5. The molecular formula is C21H25ClF3N3O. The summed E-state index contributed by atoms with van der Waals surface area (Å²) in [6.45, 7) is 5.90. The first kappa shape index (κ1) is 23.0. The van der Waals surface area contributed by atoms with Gasteiger partial charge in [-0.3, -0.25) is 4.79 Å². The van der Waals surface area contributed by atoms with Gasteiger partial charge in [0.25, 0.3) is 0 Å². The van der Waals surface area contributed by atoms with Gasteiger partial charge in [0.2, 0.25) is 6.41 Å². The van der Waals surface area contributed by atoms with Gasteiger partial charge >= 0.3 is 6.18 Å². The van der Waals surface area contributed by atoms with Gasteiger partial charge < -0.3 is 9.80 Å². The Hall–Kier alpha value is -2.28. The molecular weight excluding hydrogens is 403 g/mol. The smallest absolute Gasteiger partial charge is 0.356 e. The lowest BCUT2D eigenvalue weighted by Crippen LogP contribution is -2.36. The van der Waals surface area contributed by atoms with Crippen LogP contribution in [0.2, 0.25) is 5.02 Å². The molecule has 1 aliphatic rings. The summed E-state index contributed by atoms with van der Waals surface area (Å²) >= 11 is 5.88. The number of para-hydroxylation sites is 1. The number of alkyl halides is 3. The fraction of sp³-hybridized carbons (Fsp3) is 0.429. The van der Waals surface area contributed by atoms with Crippen LogP contribution in [0.5, 0.6) is 0 Å². The first-order chi connectivity index (χ1) is 13.8. The molecule has 158 valence electrons. The van der Waals surface area contributed by atoms with E-state index < -0.39 is 11.7 Å². The molecule has 29 heavy (non-hydrogen) atoms. The Labute approximate surface area is 174 Å². The maximum Gasteiger partial charge on any atom is 0.419 e. The molecule has 0 bridgehead atoms. The van der Waals surface area contributed by atoms with Gasteiger partial charge in [0.1, 0.15) is 5.82 Å². The number of aromatic nitrogens is 1. The zero-order valence-corrected chi connectivity index (χ0v) is 17.2. The van der Waals surface area contributed by atoms with Gasteiger partial charge in [-0.15, -0.1) is 0 Å². The lowest BCUT2D eigenvalue weighted by molar-refractivity contribution is -0.137. The molecule has 2 heterocycles. The third-order valence-electron chi connectivity index (χ3n) is 4.68. The molecule has 1 saturated heterocycles. The summed E-state index contributed by atoms with van der Waals surface area (Å²) in [5.74, 6) is 0.499. The number of halogens is 4. The molecule has 0 N–H and O–H groups in total. The van der Waals surface area contributed by atoms with Crippen molar-refractivity contribution in [3.8, 4) is 0 Å². The largest absolute Gasteiger partial charge is 0.419 e. The Balaban J connectivity index is 0.000000221. The quantitative estimate of drug-likeness (QED) is 0.591. The Bertz CT molecular complexity index is 801. The van der Waals surface area contributed by atoms with Crippen LogP contribution in [0, 0.1) is 5.92 Å². The van der Waals surface area contributed by atoms with Gasteiger partial charge in [0, 0.05) is 25.8 Å². The number of anilines is 2. The zero-order chi connectivity index (χ0) is 21.4. The third kappa shape index (κ3) is 6.35. The molecule has 8 heteroatoms. The number of nitrogens with zero attached hydrogens (tertiary/aromatic N) is 3. The molecule has 0 radical (unpaired) electrons. The fourth-order valence-corrected chi connectivity index (χ4v) is 3.48. The number of pyridine rings is 1. The highest BCUT2D eigenvalue weighted by Gasteiger charge is 2.36. The first-order valence-corrected chi connectivity index (χ1v) is 9.89. The summed E-state index contributed by atoms with van der Waals surface area (Å²) in [5.41, 5.74) is 0.130. The van der Waals surface area contributed by atoms with Crippen LogP contribution >= 0.6 is 11.6 Å². The average molecular weight is 428 g/mol. The minimum Gasteiger partial charge on any atom is -0.356 e. The van der Waals surface area contributed by atoms with Gasteiger partial charge in [-0.05, 0) is 49.9 Å². The van der Waals surface area contributed by atoms with Crippen LogP contribution in [0.1, 0.15) is 32.3 Å². The van der Waals surface area contributed by atoms with E-state index in [9.17, 15) is 18.0 Å². The number of hydrogen-bond acceptors (Lipinski definition) is 3. The highest BCUT2D eigenvalue weighted by molar-refractivity contribution is 6.33. The van der Waals surface area contributed by atoms with E-state index in [4.69, 9.17) is 11.6 Å². The summed E-state index contributed by atoms with van der Waals surface area (Å²) < 4.78 is 38.5. The van der Waals surface area contributed by atoms with Crippen molar-refractivity contribution in [2.45, 2.75) is 32.9 Å². The summed E-state index contributed by atoms with van der Waals surface area (Å²) in [4.78, 5) is 17.8. The van der Waals surface area contributed by atoms with Gasteiger partial charge in [-0.25, -0.2) is 4.98 Å². The van der Waals surface area contributed by atoms with Crippen LogP contribution in [0.3, 0.4) is 0 Å². The van der Waals surface area contributed by atoms with Gasteiger partial charge in [-0.1, -0.05) is 30.7 Å². The summed E-state index contributed by atoms with van der Waals surface area (Å²) in [7, 11) is 0. The van der Waals surface area contributed by atoms with E-state index in [0.29, 0.717) is 30.6 Å². The molecule has 1 fully saturated rings. The molecule has 0 aliphatic carbocycles. The number of hydrogen-bond donors (Lipinski definition) is 0. The SMILES string of the molecule is CC1CCCN(c2ncccc2C(F)(F)F)C1.CCN(C=O)c1ccccc1Cl. The normalized spacial score (nSPS) is 16.6. The summed E-state index contributed by atoms with van der Waals surface area (Å²) in [5, 5.41) is 0.603. The molecule has 4 nitrogen and oxygen atoms in total. The van der Waals surface area contributed by atoms with Crippen molar-refractivity contribution in [3.05, 3.63) is 53.2 Å². The number of rotatable bonds is 4. The molecule has 3 rings (SSSR count). The number of benzene rings is 1. The van der Waals surface area contributed by atoms with Crippen LogP contribution in [-0.4, -0.2) is 31.0 Å². The van der Waals surface area contributed by atoms with Crippen molar-refractivity contribution < 1.29 is 18.0 Å². The minimum atomic E-state index is -4.33. The topological polar surface area (TPSA) is 36.4 Å². The van der Waals surface area contributed by atoms with E-state index in [0.717, 1.165) is 31.0 Å². The molecule has 2 aromatic rings. The number of amides is 1. The van der Waals surface area contributed by atoms with Crippen LogP contribution in [0.4, 0.5) is 24.7 Å². The monoisotopic (exact) mass is 427 g/mol. The second-order valence-electron chi connectivity index (χ2n) is 6.91. The van der Waals surface area contributed by atoms with Crippen molar-refractivity contribution >= 4 is 29.5 Å². The summed E-state index contributed by atoms with van der Waals surface area (Å²) in [6, 6.07) is 9.71. The predicted molar refractivity (Wildman–Crippen MR) is 110 cm³/mol. The van der Waals surface area contributed by atoms with Gasteiger partial charge in [0.15, 0.2) is 0 Å². The van der Waals surface area contributed by atoms with Crippen LogP contribution in [-0.2, 0) is 11.0 Å². The second-order valence-corrected chi connectivity index (χ2v) is 7.32. The van der Waals surface area contributed by atoms with Crippen LogP contribution in [0.25, 0.3) is 0 Å². The Morgan fingerprint density at radius 3 is 2.59 bits per heavy atom. The summed E-state index contributed by atoms with van der Waals surface area (Å²) in [6.07, 6.45) is -0.130. The standard InChI is InChI=1S/C12H15F3N2.C9H10ClNO/c1-9-4-3-7-17(8-9)11-10(12(13,14)15)5-2-6-16-11;1-2-11(7-12)9-6-4-3-5-8(9)10/h2,5-6,9H,3-4,7-8H2,1H3;3-7H,2H2,1H3. The maximum atomic E-state index is 12.8. The van der Waals surface area contributed by atoms with E-state index in [1.807, 2.05) is 25.1 Å². The van der Waals surface area contributed by atoms with E-state index >= 15 is 0 Å². The lowest BCUT2D eigenvalue weighted by atomic mass is 10.00. The minimum absolute atomic E-state index is 0.0755. The van der Waals surface area contributed by atoms with Crippen molar-refractivity contribution in [1.82, 2.24) is 4.98 Å². The molecule has 1 amide bonds. The third-order valence-corrected chi connectivity index (χ3v) is 5.00. The van der Waals surface area contributed by atoms with Crippen molar-refractivity contribution in [1.29, 1.82) is 0 Å². The van der Waals surface area contributed by atoms with Gasteiger partial charge in [-0.2, -0.15) is 13.2 Å². The predicted octanol–water partition coefficient (Wildman–Crippen LogP) is 5.66. The first-order valence-electron chi connectivity index (χ1n) is 9.51. The molecule has 1 aromatic heterocycles. The van der Waals surface area contributed by atoms with E-state index in [2.05, 4.69) is 11.9 Å². The Kier molecular flexibility index (Phi) is 8.32. The molecule has 1 aliphatic heterocycles. The van der Waals surface area contributed by atoms with Crippen molar-refractivity contribution in [3.63, 3.8) is 0 Å². The van der Waals surface area contributed by atoms with Crippen LogP contribution < -0.4 is 9.80 Å². The number of carbonyl (C=O) groups is 1. The number of carbonyl (C=O) groups excluding carboxylic acids is 1. The van der Waals surface area contributed by atoms with E-state index in [-0.39, 0.29) is 5.82 Å². The maximum absolute atomic E-state index is 12.8. The van der Waals surface area contributed by atoms with Crippen molar-refractivity contribution in [2.24, 2.45) is 5.92 Å². The Morgan fingerprint density at radius 1 is 1.28 bits per heavy atom. The number of piperidine rings is 1. The Morgan fingerprint density at radius 2 is 2.00 bits per heavy atom. The highest BCUT2D eigenvalue weighted by Crippen LogP contribution is 2.36. The van der Waals surface area contributed by atoms with Crippen molar-refractivity contribution in [2.75, 3.05) is 29.4 Å². The zero-order valence-electron chi connectivity index (χ0n) is 16.5. The molecule has 1 aromatic carbocycles.